The highest BCUT2D eigenvalue weighted by Crippen LogP contribution is 2.29. The number of nitrogens with zero attached hydrogens (tertiary/aromatic N) is 1. The number of rotatable bonds is 3. The number of benzene rings is 1. The standard InChI is InChI=1S/C13H18ClN3O3S/c1-3-11-13(18)16-4-5-17(11)21(19,20)12-7-10(15)9(14)6-8(12)2/h6-7,11H,3-5,15H2,1-2H3,(H,16,18). The van der Waals surface area contributed by atoms with Gasteiger partial charge in [-0.05, 0) is 31.0 Å². The molecule has 1 aromatic carbocycles. The number of anilines is 1. The van der Waals surface area contributed by atoms with Crippen molar-refractivity contribution < 1.29 is 13.2 Å². The second-order valence-electron chi connectivity index (χ2n) is 4.97. The second kappa shape index (κ2) is 5.82. The van der Waals surface area contributed by atoms with Gasteiger partial charge < -0.3 is 11.1 Å². The highest BCUT2D eigenvalue weighted by atomic mass is 35.5. The van der Waals surface area contributed by atoms with Crippen molar-refractivity contribution >= 4 is 33.2 Å². The number of aryl methyl sites for hydroxylation is 1. The minimum atomic E-state index is -3.79. The van der Waals surface area contributed by atoms with E-state index in [1.54, 1.807) is 13.8 Å². The molecule has 6 nitrogen and oxygen atoms in total. The number of carbonyl (C=O) groups excluding carboxylic acids is 1. The molecular formula is C13H18ClN3O3S. The first-order valence-electron chi connectivity index (χ1n) is 6.64. The van der Waals surface area contributed by atoms with E-state index in [0.717, 1.165) is 0 Å². The molecule has 1 unspecified atom stereocenters. The first kappa shape index (κ1) is 16.1. The first-order chi connectivity index (χ1) is 9.78. The smallest absolute Gasteiger partial charge is 0.244 e. The van der Waals surface area contributed by atoms with Gasteiger partial charge in [-0.15, -0.1) is 0 Å². The molecule has 0 radical (unpaired) electrons. The SMILES string of the molecule is CCC1C(=O)NCCN1S(=O)(=O)c1cc(N)c(Cl)cc1C. The number of carbonyl (C=O) groups is 1. The number of hydrogen-bond acceptors (Lipinski definition) is 4. The van der Waals surface area contributed by atoms with Crippen molar-refractivity contribution in [3.8, 4) is 0 Å². The summed E-state index contributed by atoms with van der Waals surface area (Å²) >= 11 is 5.90. The monoisotopic (exact) mass is 331 g/mol. The number of halogens is 1. The Balaban J connectivity index is 2.51. The van der Waals surface area contributed by atoms with E-state index in [9.17, 15) is 13.2 Å². The van der Waals surface area contributed by atoms with Crippen LogP contribution in [0.1, 0.15) is 18.9 Å². The Kier molecular flexibility index (Phi) is 4.46. The third-order valence-electron chi connectivity index (χ3n) is 3.55. The molecule has 21 heavy (non-hydrogen) atoms. The minimum absolute atomic E-state index is 0.0950. The summed E-state index contributed by atoms with van der Waals surface area (Å²) in [4.78, 5) is 12.0. The molecule has 0 aromatic heterocycles. The molecule has 0 aliphatic carbocycles. The van der Waals surface area contributed by atoms with Crippen molar-refractivity contribution in [2.75, 3.05) is 18.8 Å². The summed E-state index contributed by atoms with van der Waals surface area (Å²) in [6.45, 7) is 3.98. The minimum Gasteiger partial charge on any atom is -0.397 e. The molecule has 116 valence electrons. The van der Waals surface area contributed by atoms with Crippen molar-refractivity contribution in [2.45, 2.75) is 31.2 Å². The molecule has 1 atom stereocenters. The van der Waals surface area contributed by atoms with Gasteiger partial charge in [0.05, 0.1) is 15.6 Å². The average Bonchev–Trinajstić information content (AvgIpc) is 2.42. The van der Waals surface area contributed by atoms with Gasteiger partial charge in [-0.1, -0.05) is 18.5 Å². The highest BCUT2D eigenvalue weighted by molar-refractivity contribution is 7.89. The summed E-state index contributed by atoms with van der Waals surface area (Å²) < 4.78 is 26.9. The largest absolute Gasteiger partial charge is 0.397 e. The molecule has 1 aliphatic rings. The summed E-state index contributed by atoms with van der Waals surface area (Å²) in [7, 11) is -3.79. The van der Waals surface area contributed by atoms with E-state index in [1.807, 2.05) is 0 Å². The molecule has 1 aromatic rings. The Morgan fingerprint density at radius 1 is 1.48 bits per heavy atom. The quantitative estimate of drug-likeness (QED) is 0.812. The number of piperazine rings is 1. The van der Waals surface area contributed by atoms with Crippen LogP contribution in [0.25, 0.3) is 0 Å². The molecule has 0 spiro atoms. The lowest BCUT2D eigenvalue weighted by Gasteiger charge is -2.33. The van der Waals surface area contributed by atoms with Gasteiger partial charge in [0.1, 0.15) is 6.04 Å². The van der Waals surface area contributed by atoms with Crippen molar-refractivity contribution in [3.05, 3.63) is 22.7 Å². The molecular weight excluding hydrogens is 314 g/mol. The Morgan fingerprint density at radius 2 is 2.14 bits per heavy atom. The van der Waals surface area contributed by atoms with Crippen LogP contribution in [0.5, 0.6) is 0 Å². The van der Waals surface area contributed by atoms with E-state index in [1.165, 1.54) is 16.4 Å². The van der Waals surface area contributed by atoms with Crippen molar-refractivity contribution in [3.63, 3.8) is 0 Å². The molecule has 0 saturated carbocycles. The number of nitrogen functional groups attached to an aromatic ring is 1. The summed E-state index contributed by atoms with van der Waals surface area (Å²) in [5.74, 6) is -0.271. The maximum atomic E-state index is 12.8. The van der Waals surface area contributed by atoms with Crippen LogP contribution in [0.15, 0.2) is 17.0 Å². The summed E-state index contributed by atoms with van der Waals surface area (Å²) in [5, 5.41) is 3.00. The summed E-state index contributed by atoms with van der Waals surface area (Å²) in [5.41, 5.74) is 6.43. The average molecular weight is 332 g/mol. The van der Waals surface area contributed by atoms with Crippen LogP contribution in [-0.4, -0.2) is 37.8 Å². The van der Waals surface area contributed by atoms with Gasteiger partial charge in [0.15, 0.2) is 0 Å². The lowest BCUT2D eigenvalue weighted by atomic mass is 10.2. The molecule has 1 aliphatic heterocycles. The van der Waals surface area contributed by atoms with Gasteiger partial charge in [-0.2, -0.15) is 4.31 Å². The Hall–Kier alpha value is -1.31. The van der Waals surface area contributed by atoms with Gasteiger partial charge in [0.25, 0.3) is 0 Å². The number of amides is 1. The highest BCUT2D eigenvalue weighted by Gasteiger charge is 2.38. The molecule has 2 rings (SSSR count). The molecule has 1 fully saturated rings. The van der Waals surface area contributed by atoms with Gasteiger partial charge in [0, 0.05) is 13.1 Å². The fourth-order valence-corrected chi connectivity index (χ4v) is 4.57. The van der Waals surface area contributed by atoms with Crippen LogP contribution in [0.2, 0.25) is 5.02 Å². The van der Waals surface area contributed by atoms with Gasteiger partial charge >= 0.3 is 0 Å². The Bertz CT molecular complexity index is 675. The molecule has 3 N–H and O–H groups in total. The number of sulfonamides is 1. The van der Waals surface area contributed by atoms with E-state index < -0.39 is 16.1 Å². The fraction of sp³-hybridized carbons (Fsp3) is 0.462. The zero-order valence-electron chi connectivity index (χ0n) is 11.9. The van der Waals surface area contributed by atoms with E-state index in [4.69, 9.17) is 17.3 Å². The number of hydrogen-bond donors (Lipinski definition) is 2. The molecule has 1 saturated heterocycles. The zero-order chi connectivity index (χ0) is 15.8. The lowest BCUT2D eigenvalue weighted by Crippen LogP contribution is -2.56. The normalized spacial score (nSPS) is 20.3. The van der Waals surface area contributed by atoms with E-state index in [-0.39, 0.29) is 23.0 Å². The fourth-order valence-electron chi connectivity index (χ4n) is 2.44. The molecule has 1 heterocycles. The lowest BCUT2D eigenvalue weighted by molar-refractivity contribution is -0.126. The first-order valence-corrected chi connectivity index (χ1v) is 8.46. The van der Waals surface area contributed by atoms with E-state index in [2.05, 4.69) is 5.32 Å². The van der Waals surface area contributed by atoms with Crippen LogP contribution in [0.4, 0.5) is 5.69 Å². The third-order valence-corrected chi connectivity index (χ3v) is 5.93. The van der Waals surface area contributed by atoms with Crippen molar-refractivity contribution in [1.82, 2.24) is 9.62 Å². The second-order valence-corrected chi connectivity index (χ2v) is 7.24. The van der Waals surface area contributed by atoms with E-state index in [0.29, 0.717) is 23.6 Å². The zero-order valence-corrected chi connectivity index (χ0v) is 13.5. The van der Waals surface area contributed by atoms with Crippen LogP contribution in [0.3, 0.4) is 0 Å². The Labute approximate surface area is 129 Å². The van der Waals surface area contributed by atoms with Gasteiger partial charge in [-0.25, -0.2) is 8.42 Å². The topological polar surface area (TPSA) is 92.5 Å². The van der Waals surface area contributed by atoms with Crippen molar-refractivity contribution in [1.29, 1.82) is 0 Å². The van der Waals surface area contributed by atoms with Crippen LogP contribution >= 0.6 is 11.6 Å². The molecule has 8 heteroatoms. The molecule has 1 amide bonds. The maximum absolute atomic E-state index is 12.8. The predicted octanol–water partition coefficient (Wildman–Crippen LogP) is 1.13. The third kappa shape index (κ3) is 2.86. The summed E-state index contributed by atoms with van der Waals surface area (Å²) in [6.07, 6.45) is 0.410. The van der Waals surface area contributed by atoms with Crippen molar-refractivity contribution in [2.24, 2.45) is 0 Å². The molecule has 0 bridgehead atoms. The van der Waals surface area contributed by atoms with Crippen LogP contribution < -0.4 is 11.1 Å². The van der Waals surface area contributed by atoms with Crippen LogP contribution in [-0.2, 0) is 14.8 Å². The van der Waals surface area contributed by atoms with Gasteiger partial charge in [0.2, 0.25) is 15.9 Å². The summed E-state index contributed by atoms with van der Waals surface area (Å²) in [6, 6.07) is 2.18. The van der Waals surface area contributed by atoms with E-state index >= 15 is 0 Å². The van der Waals surface area contributed by atoms with Gasteiger partial charge in [-0.3, -0.25) is 4.79 Å². The number of nitrogens with one attached hydrogen (secondary N) is 1. The number of nitrogens with two attached hydrogens (primary N) is 1. The van der Waals surface area contributed by atoms with Crippen LogP contribution in [0, 0.1) is 6.92 Å². The Morgan fingerprint density at radius 3 is 2.76 bits per heavy atom. The maximum Gasteiger partial charge on any atom is 0.244 e. The predicted molar refractivity (Wildman–Crippen MR) is 81.6 cm³/mol.